The molecule has 0 saturated heterocycles. The minimum Gasteiger partial charge on any atom is -0.497 e. The number of methoxy groups -OCH3 is 1. The van der Waals surface area contributed by atoms with Gasteiger partial charge < -0.3 is 4.74 Å². The van der Waals surface area contributed by atoms with Gasteiger partial charge in [-0.05, 0) is 37.3 Å². The van der Waals surface area contributed by atoms with E-state index < -0.39 is 15.9 Å². The zero-order chi connectivity index (χ0) is 19.8. The first-order valence-electron chi connectivity index (χ1n) is 8.00. The van der Waals surface area contributed by atoms with Gasteiger partial charge in [0, 0.05) is 12.4 Å². The van der Waals surface area contributed by atoms with E-state index in [4.69, 9.17) is 9.57 Å². The van der Waals surface area contributed by atoms with Crippen LogP contribution in [0, 0.1) is 6.92 Å². The molecule has 9 heteroatoms. The predicted octanol–water partition coefficient (Wildman–Crippen LogP) is 2.22. The average Bonchev–Trinajstić information content (AvgIpc) is 3.06. The number of nitrogens with zero attached hydrogens (tertiary/aromatic N) is 3. The Bertz CT molecular complexity index is 1100. The maximum Gasteiger partial charge on any atom is 0.298 e. The topological polar surface area (TPSA) is 90.7 Å². The van der Waals surface area contributed by atoms with Gasteiger partial charge in [-0.25, -0.2) is 5.06 Å². The lowest BCUT2D eigenvalue weighted by molar-refractivity contribution is -0.0759. The number of carbonyl (C=O) groups excluding carboxylic acids is 1. The number of rotatable bonds is 5. The highest BCUT2D eigenvalue weighted by Crippen LogP contribution is 2.28. The molecule has 0 aliphatic carbocycles. The summed E-state index contributed by atoms with van der Waals surface area (Å²) < 4.78 is 32.3. The van der Waals surface area contributed by atoms with Gasteiger partial charge in [-0.3, -0.25) is 9.63 Å². The molecule has 1 heterocycles. The van der Waals surface area contributed by atoms with Gasteiger partial charge >= 0.3 is 0 Å². The second-order valence-electron chi connectivity index (χ2n) is 5.88. The van der Waals surface area contributed by atoms with E-state index in [1.165, 1.54) is 33.4 Å². The van der Waals surface area contributed by atoms with Crippen LogP contribution in [0.4, 0.5) is 0 Å². The number of carbonyl (C=O) groups is 1. The van der Waals surface area contributed by atoms with E-state index in [1.807, 2.05) is 6.92 Å². The number of hydroxylamine groups is 2. The Kier molecular flexibility index (Phi) is 4.90. The van der Waals surface area contributed by atoms with Crippen molar-refractivity contribution in [1.82, 2.24) is 14.2 Å². The third-order valence-electron chi connectivity index (χ3n) is 4.16. The van der Waals surface area contributed by atoms with Crippen LogP contribution in [0.3, 0.4) is 0 Å². The second kappa shape index (κ2) is 7.01. The maximum absolute atomic E-state index is 13.1. The van der Waals surface area contributed by atoms with Crippen molar-refractivity contribution in [3.05, 3.63) is 53.7 Å². The van der Waals surface area contributed by atoms with Crippen LogP contribution in [0.5, 0.6) is 5.75 Å². The van der Waals surface area contributed by atoms with Crippen molar-refractivity contribution in [2.75, 3.05) is 21.3 Å². The van der Waals surface area contributed by atoms with Crippen molar-refractivity contribution < 1.29 is 22.8 Å². The molecule has 2 aromatic carbocycles. The molecule has 27 heavy (non-hydrogen) atoms. The summed E-state index contributed by atoms with van der Waals surface area (Å²) in [5.74, 6) is -0.0995. The number of benzene rings is 2. The van der Waals surface area contributed by atoms with Gasteiger partial charge in [-0.1, -0.05) is 17.7 Å². The Balaban J connectivity index is 2.27. The summed E-state index contributed by atoms with van der Waals surface area (Å²) in [5, 5.41) is 5.43. The maximum atomic E-state index is 13.1. The zero-order valence-corrected chi connectivity index (χ0v) is 16.1. The SMILES string of the molecule is COc1ccc2c(c1)c(C(=O)N(C)OC)nn2S(=O)(=O)c1ccc(C)cc1. The molecule has 142 valence electrons. The van der Waals surface area contributed by atoms with Crippen LogP contribution >= 0.6 is 0 Å². The van der Waals surface area contributed by atoms with E-state index in [9.17, 15) is 13.2 Å². The highest BCUT2D eigenvalue weighted by Gasteiger charge is 2.27. The molecule has 0 spiro atoms. The standard InChI is InChI=1S/C18H19N3O5S/c1-12-5-8-14(9-6-12)27(23,24)21-16-10-7-13(25-3)11-15(16)17(19-21)18(22)20(2)26-4/h5-11H,1-4H3. The molecule has 8 nitrogen and oxygen atoms in total. The van der Waals surface area contributed by atoms with Crippen molar-refractivity contribution in [1.29, 1.82) is 0 Å². The van der Waals surface area contributed by atoms with Gasteiger partial charge in [0.1, 0.15) is 5.75 Å². The Morgan fingerprint density at radius 1 is 1.11 bits per heavy atom. The summed E-state index contributed by atoms with van der Waals surface area (Å²) >= 11 is 0. The summed E-state index contributed by atoms with van der Waals surface area (Å²) in [6.07, 6.45) is 0. The molecule has 3 aromatic rings. The van der Waals surface area contributed by atoms with Gasteiger partial charge in [0.15, 0.2) is 5.69 Å². The van der Waals surface area contributed by atoms with E-state index in [2.05, 4.69) is 5.10 Å². The van der Waals surface area contributed by atoms with Crippen molar-refractivity contribution in [3.8, 4) is 5.75 Å². The first-order valence-corrected chi connectivity index (χ1v) is 9.44. The van der Waals surface area contributed by atoms with Gasteiger partial charge in [-0.15, -0.1) is 0 Å². The number of aromatic nitrogens is 2. The number of fused-ring (bicyclic) bond motifs is 1. The summed E-state index contributed by atoms with van der Waals surface area (Å²) in [6, 6.07) is 11.1. The Hall–Kier alpha value is -2.91. The van der Waals surface area contributed by atoms with Crippen LogP contribution in [-0.2, 0) is 14.9 Å². The Morgan fingerprint density at radius 3 is 2.37 bits per heavy atom. The molecular weight excluding hydrogens is 370 g/mol. The van der Waals surface area contributed by atoms with E-state index in [0.717, 1.165) is 14.7 Å². The molecule has 0 aliphatic rings. The van der Waals surface area contributed by atoms with E-state index >= 15 is 0 Å². The smallest absolute Gasteiger partial charge is 0.298 e. The fourth-order valence-electron chi connectivity index (χ4n) is 2.58. The van der Waals surface area contributed by atoms with Crippen LogP contribution in [0.1, 0.15) is 16.1 Å². The Morgan fingerprint density at radius 2 is 1.78 bits per heavy atom. The predicted molar refractivity (Wildman–Crippen MR) is 99.2 cm³/mol. The Labute approximate surface area is 156 Å². The molecule has 0 fully saturated rings. The molecular formula is C18H19N3O5S. The van der Waals surface area contributed by atoms with Crippen LogP contribution in [0.15, 0.2) is 47.4 Å². The van der Waals surface area contributed by atoms with Crippen LogP contribution in [0.25, 0.3) is 10.9 Å². The van der Waals surface area contributed by atoms with E-state index in [-0.39, 0.29) is 16.1 Å². The number of hydrogen-bond donors (Lipinski definition) is 0. The number of hydrogen-bond acceptors (Lipinski definition) is 6. The third kappa shape index (κ3) is 3.26. The summed E-state index contributed by atoms with van der Waals surface area (Å²) in [7, 11) is 0.242. The van der Waals surface area contributed by atoms with Crippen molar-refractivity contribution in [3.63, 3.8) is 0 Å². The molecule has 0 aliphatic heterocycles. The first-order chi connectivity index (χ1) is 12.8. The molecule has 0 saturated carbocycles. The molecule has 1 aromatic heterocycles. The lowest BCUT2D eigenvalue weighted by Gasteiger charge is -2.11. The van der Waals surface area contributed by atoms with Crippen LogP contribution in [0.2, 0.25) is 0 Å². The molecule has 1 amide bonds. The fraction of sp³-hybridized carbons (Fsp3) is 0.222. The summed E-state index contributed by atoms with van der Waals surface area (Å²) in [6.45, 7) is 1.86. The molecule has 0 unspecified atom stereocenters. The highest BCUT2D eigenvalue weighted by molar-refractivity contribution is 7.90. The molecule has 3 rings (SSSR count). The minimum atomic E-state index is -3.99. The van der Waals surface area contributed by atoms with Gasteiger partial charge in [0.2, 0.25) is 0 Å². The van der Waals surface area contributed by atoms with Gasteiger partial charge in [-0.2, -0.15) is 17.6 Å². The lowest BCUT2D eigenvalue weighted by atomic mass is 10.2. The quantitative estimate of drug-likeness (QED) is 0.622. The number of aryl methyl sites for hydroxylation is 1. The van der Waals surface area contributed by atoms with E-state index in [1.54, 1.807) is 30.3 Å². The van der Waals surface area contributed by atoms with Crippen LogP contribution < -0.4 is 4.74 Å². The van der Waals surface area contributed by atoms with E-state index in [0.29, 0.717) is 11.1 Å². The van der Waals surface area contributed by atoms with Crippen molar-refractivity contribution >= 4 is 26.8 Å². The van der Waals surface area contributed by atoms with Gasteiger partial charge in [0.25, 0.3) is 15.9 Å². The largest absolute Gasteiger partial charge is 0.497 e. The van der Waals surface area contributed by atoms with Crippen molar-refractivity contribution in [2.45, 2.75) is 11.8 Å². The highest BCUT2D eigenvalue weighted by atomic mass is 32.2. The second-order valence-corrected chi connectivity index (χ2v) is 7.65. The van der Waals surface area contributed by atoms with Gasteiger partial charge in [0.05, 0.1) is 24.6 Å². The molecule has 0 atom stereocenters. The lowest BCUT2D eigenvalue weighted by Crippen LogP contribution is -2.26. The number of amides is 1. The molecule has 0 N–H and O–H groups in total. The normalized spacial score (nSPS) is 11.6. The minimum absolute atomic E-state index is 0.0519. The molecule has 0 radical (unpaired) electrons. The molecule has 0 bridgehead atoms. The monoisotopic (exact) mass is 389 g/mol. The fourth-order valence-corrected chi connectivity index (χ4v) is 3.87. The number of ether oxygens (including phenoxy) is 1. The zero-order valence-electron chi connectivity index (χ0n) is 15.3. The first kappa shape index (κ1) is 18.9. The summed E-state index contributed by atoms with van der Waals surface area (Å²) in [5.41, 5.74) is 1.15. The van der Waals surface area contributed by atoms with Crippen LogP contribution in [-0.4, -0.2) is 49.8 Å². The summed E-state index contributed by atoms with van der Waals surface area (Å²) in [4.78, 5) is 17.6. The third-order valence-corrected chi connectivity index (χ3v) is 5.77. The van der Waals surface area contributed by atoms with Crippen molar-refractivity contribution in [2.24, 2.45) is 0 Å². The average molecular weight is 389 g/mol.